The molecular formula is C25H54O2SiSn. The first-order valence-electron chi connectivity index (χ1n) is 12.5. The van der Waals surface area contributed by atoms with Crippen molar-refractivity contribution in [2.75, 3.05) is 13.4 Å². The van der Waals surface area contributed by atoms with Crippen molar-refractivity contribution in [3.8, 4) is 0 Å². The van der Waals surface area contributed by atoms with Gasteiger partial charge in [-0.15, -0.1) is 0 Å². The molecule has 0 saturated carbocycles. The van der Waals surface area contributed by atoms with Crippen LogP contribution in [0.3, 0.4) is 0 Å². The fourth-order valence-corrected chi connectivity index (χ4v) is 21.4. The maximum atomic E-state index is 6.27. The van der Waals surface area contributed by atoms with Gasteiger partial charge in [0.1, 0.15) is 0 Å². The molecule has 0 amide bonds. The van der Waals surface area contributed by atoms with Crippen LogP contribution < -0.4 is 0 Å². The van der Waals surface area contributed by atoms with Crippen molar-refractivity contribution in [3.63, 3.8) is 0 Å². The van der Waals surface area contributed by atoms with E-state index in [2.05, 4.69) is 60.8 Å². The molecule has 0 spiro atoms. The minimum absolute atomic E-state index is 0.155. The monoisotopic (exact) mass is 534 g/mol. The first-order chi connectivity index (χ1) is 13.6. The van der Waals surface area contributed by atoms with E-state index in [9.17, 15) is 0 Å². The molecule has 2 nitrogen and oxygen atoms in total. The quantitative estimate of drug-likeness (QED) is 0.0715. The molecule has 0 aromatic rings. The van der Waals surface area contributed by atoms with Crippen LogP contribution >= 0.6 is 0 Å². The average Bonchev–Trinajstić information content (AvgIpc) is 2.64. The van der Waals surface area contributed by atoms with Crippen LogP contribution in [0.4, 0.5) is 0 Å². The molecule has 1 atom stereocenters. The zero-order valence-electron chi connectivity index (χ0n) is 21.4. The van der Waals surface area contributed by atoms with E-state index in [0.717, 1.165) is 6.61 Å². The summed E-state index contributed by atoms with van der Waals surface area (Å²) in [5.74, 6) is 0.468. The summed E-state index contributed by atoms with van der Waals surface area (Å²) < 4.78 is 18.1. The molecule has 0 aliphatic carbocycles. The second-order valence-corrected chi connectivity index (χ2v) is 30.3. The predicted molar refractivity (Wildman–Crippen MR) is 138 cm³/mol. The molecule has 29 heavy (non-hydrogen) atoms. The second kappa shape index (κ2) is 16.3. The number of hydrogen-bond donors (Lipinski definition) is 0. The van der Waals surface area contributed by atoms with Gasteiger partial charge in [0, 0.05) is 0 Å². The van der Waals surface area contributed by atoms with E-state index < -0.39 is 26.5 Å². The standard InChI is InChI=1S/C13H27O2Si.3C4H9.Sn/c1-11(2)13(12(3)4)15-10-14-8-9-16(5,6)7;3*1-3-4-2;/h12-13H,1-2,8-10H2,3-7H3;3*1,3-4H2,2H3;. The first-order valence-corrected chi connectivity index (χ1v) is 24.3. The third kappa shape index (κ3) is 14.4. The summed E-state index contributed by atoms with van der Waals surface area (Å²) >= 11 is -2.21. The molecule has 0 aromatic carbocycles. The van der Waals surface area contributed by atoms with Crippen LogP contribution in [0.1, 0.15) is 73.1 Å². The molecule has 174 valence electrons. The van der Waals surface area contributed by atoms with Crippen molar-refractivity contribution in [3.05, 3.63) is 12.2 Å². The molecule has 0 heterocycles. The van der Waals surface area contributed by atoms with E-state index in [4.69, 9.17) is 9.47 Å². The maximum absolute atomic E-state index is 6.27. The molecule has 0 aromatic heterocycles. The van der Waals surface area contributed by atoms with Gasteiger partial charge in [-0.05, 0) is 0 Å². The van der Waals surface area contributed by atoms with Crippen molar-refractivity contribution in [1.82, 2.24) is 0 Å². The van der Waals surface area contributed by atoms with Crippen molar-refractivity contribution >= 4 is 26.5 Å². The Morgan fingerprint density at radius 1 is 0.897 bits per heavy atom. The molecule has 0 bridgehead atoms. The molecule has 0 N–H and O–H groups in total. The van der Waals surface area contributed by atoms with Gasteiger partial charge in [-0.1, -0.05) is 0 Å². The van der Waals surface area contributed by atoms with Gasteiger partial charge in [-0.25, -0.2) is 0 Å². The van der Waals surface area contributed by atoms with E-state index in [0.29, 0.717) is 12.7 Å². The average molecular weight is 534 g/mol. The van der Waals surface area contributed by atoms with Gasteiger partial charge in [0.25, 0.3) is 0 Å². The second-order valence-electron chi connectivity index (χ2n) is 10.8. The van der Waals surface area contributed by atoms with Gasteiger partial charge in [0.05, 0.1) is 0 Å². The number of unbranched alkanes of at least 4 members (excludes halogenated alkanes) is 3. The predicted octanol–water partition coefficient (Wildman–Crippen LogP) is 8.75. The van der Waals surface area contributed by atoms with Crippen LogP contribution in [0.15, 0.2) is 12.2 Å². The molecule has 4 heteroatoms. The number of hydrogen-bond acceptors (Lipinski definition) is 2. The summed E-state index contributed by atoms with van der Waals surface area (Å²) in [6.07, 6.45) is 8.41. The van der Waals surface area contributed by atoms with Gasteiger partial charge in [-0.3, -0.25) is 0 Å². The summed E-state index contributed by atoms with van der Waals surface area (Å²) in [5, 5.41) is 0. The van der Waals surface area contributed by atoms with E-state index in [-0.39, 0.29) is 6.10 Å². The summed E-state index contributed by atoms with van der Waals surface area (Å²) in [6.45, 7) is 24.6. The van der Waals surface area contributed by atoms with Crippen LogP contribution in [0.25, 0.3) is 0 Å². The minimum atomic E-state index is -2.21. The van der Waals surface area contributed by atoms with Gasteiger partial charge in [-0.2, -0.15) is 0 Å². The molecular weight excluding hydrogens is 479 g/mol. The summed E-state index contributed by atoms with van der Waals surface area (Å²) in [6, 6.07) is 1.20. The first kappa shape index (κ1) is 29.7. The van der Waals surface area contributed by atoms with Crippen molar-refractivity contribution < 1.29 is 9.47 Å². The Morgan fingerprint density at radius 3 is 1.76 bits per heavy atom. The van der Waals surface area contributed by atoms with Gasteiger partial charge in [0.2, 0.25) is 0 Å². The van der Waals surface area contributed by atoms with Crippen LogP contribution in [0.5, 0.6) is 0 Å². The van der Waals surface area contributed by atoms with E-state index in [1.54, 1.807) is 13.3 Å². The summed E-state index contributed by atoms with van der Waals surface area (Å²) in [5.41, 5.74) is 1.38. The van der Waals surface area contributed by atoms with E-state index in [1.807, 2.05) is 0 Å². The van der Waals surface area contributed by atoms with Gasteiger partial charge < -0.3 is 0 Å². The fourth-order valence-electron chi connectivity index (χ4n) is 4.22. The third-order valence-corrected chi connectivity index (χ3v) is 23.4. The Kier molecular flexibility index (Phi) is 16.7. The zero-order chi connectivity index (χ0) is 22.3. The molecule has 1 unspecified atom stereocenters. The Labute approximate surface area is 189 Å². The Morgan fingerprint density at radius 2 is 1.38 bits per heavy atom. The summed E-state index contributed by atoms with van der Waals surface area (Å²) in [4.78, 5) is 0. The third-order valence-electron chi connectivity index (χ3n) is 6.12. The van der Waals surface area contributed by atoms with Crippen molar-refractivity contribution in [2.45, 2.75) is 123 Å². The SMILES string of the molecule is C=C([CH2][Sn]([CH2]CCC)([CH2]CCC)[CH2]CCC)C(OCOCC[Si](C)(C)C)C(C)C. The normalized spacial score (nSPS) is 13.8. The van der Waals surface area contributed by atoms with Crippen molar-refractivity contribution in [1.29, 1.82) is 0 Å². The molecule has 0 saturated heterocycles. The molecule has 0 aliphatic rings. The number of rotatable bonds is 19. The van der Waals surface area contributed by atoms with E-state index in [1.165, 1.54) is 54.6 Å². The Bertz CT molecular complexity index is 396. The van der Waals surface area contributed by atoms with Gasteiger partial charge >= 0.3 is 190 Å². The molecule has 0 radical (unpaired) electrons. The topological polar surface area (TPSA) is 18.5 Å². The Balaban J connectivity index is 5.00. The van der Waals surface area contributed by atoms with Crippen LogP contribution in [-0.4, -0.2) is 46.0 Å². The zero-order valence-corrected chi connectivity index (χ0v) is 25.2. The van der Waals surface area contributed by atoms with Crippen LogP contribution in [0.2, 0.25) is 43.4 Å². The molecule has 0 fully saturated rings. The van der Waals surface area contributed by atoms with E-state index >= 15 is 0 Å². The summed E-state index contributed by atoms with van der Waals surface area (Å²) in [7, 11) is -1.04. The van der Waals surface area contributed by atoms with Crippen LogP contribution in [0, 0.1) is 5.92 Å². The molecule has 0 rings (SSSR count). The number of ether oxygens (including phenoxy) is 2. The van der Waals surface area contributed by atoms with Crippen molar-refractivity contribution in [2.24, 2.45) is 5.92 Å². The molecule has 0 aliphatic heterocycles. The Hall–Kier alpha value is 0.676. The fraction of sp³-hybridized carbons (Fsp3) is 0.920. The van der Waals surface area contributed by atoms with Gasteiger partial charge in [0.15, 0.2) is 0 Å². The van der Waals surface area contributed by atoms with Crippen LogP contribution in [-0.2, 0) is 9.47 Å².